The Balaban J connectivity index is 1.72. The van der Waals surface area contributed by atoms with Gasteiger partial charge in [-0.15, -0.1) is 0 Å². The molecule has 1 saturated heterocycles. The van der Waals surface area contributed by atoms with Crippen LogP contribution in [0.2, 0.25) is 0 Å². The van der Waals surface area contributed by atoms with Crippen LogP contribution in [-0.4, -0.2) is 35.5 Å². The molecule has 12 heavy (non-hydrogen) atoms. The standard InChI is InChI=1S/C10H19NS/c1-12-10-7-9(8-10)11-5-3-2-4-6-11/h9-10H,2-8H2,1H3. The summed E-state index contributed by atoms with van der Waals surface area (Å²) in [6, 6.07) is 0.961. The van der Waals surface area contributed by atoms with E-state index in [1.807, 2.05) is 0 Å². The molecule has 2 aliphatic rings. The molecule has 0 N–H and O–H groups in total. The zero-order valence-corrected chi connectivity index (χ0v) is 8.78. The molecule has 0 bridgehead atoms. The minimum absolute atomic E-state index is 0.961. The molecule has 70 valence electrons. The van der Waals surface area contributed by atoms with Crippen molar-refractivity contribution in [3.05, 3.63) is 0 Å². The summed E-state index contributed by atoms with van der Waals surface area (Å²) in [6.45, 7) is 2.76. The van der Waals surface area contributed by atoms with Crippen molar-refractivity contribution in [2.45, 2.75) is 43.4 Å². The van der Waals surface area contributed by atoms with Gasteiger partial charge in [0.1, 0.15) is 0 Å². The third-order valence-corrected chi connectivity index (χ3v) is 4.36. The molecule has 0 aromatic heterocycles. The molecule has 2 heteroatoms. The van der Waals surface area contributed by atoms with Crippen LogP contribution in [0.4, 0.5) is 0 Å². The second kappa shape index (κ2) is 4.01. The Morgan fingerprint density at radius 2 is 1.75 bits per heavy atom. The van der Waals surface area contributed by atoms with E-state index in [0.29, 0.717) is 0 Å². The van der Waals surface area contributed by atoms with Crippen LogP contribution in [0.1, 0.15) is 32.1 Å². The number of rotatable bonds is 2. The van der Waals surface area contributed by atoms with Gasteiger partial charge in [0.05, 0.1) is 0 Å². The van der Waals surface area contributed by atoms with E-state index >= 15 is 0 Å². The van der Waals surface area contributed by atoms with E-state index in [1.54, 1.807) is 0 Å². The molecular weight excluding hydrogens is 166 g/mol. The Labute approximate surface area is 79.9 Å². The van der Waals surface area contributed by atoms with Crippen molar-refractivity contribution in [1.82, 2.24) is 4.90 Å². The van der Waals surface area contributed by atoms with E-state index in [1.165, 1.54) is 45.2 Å². The summed E-state index contributed by atoms with van der Waals surface area (Å²) in [5, 5.41) is 0.983. The highest BCUT2D eigenvalue weighted by molar-refractivity contribution is 7.99. The maximum Gasteiger partial charge on any atom is 0.0116 e. The highest BCUT2D eigenvalue weighted by atomic mass is 32.2. The second-order valence-electron chi connectivity index (χ2n) is 4.08. The molecule has 0 unspecified atom stereocenters. The number of thioether (sulfide) groups is 1. The van der Waals surface area contributed by atoms with Gasteiger partial charge < -0.3 is 4.90 Å². The van der Waals surface area contributed by atoms with Gasteiger partial charge in [-0.25, -0.2) is 0 Å². The van der Waals surface area contributed by atoms with Gasteiger partial charge in [0.25, 0.3) is 0 Å². The van der Waals surface area contributed by atoms with Crippen molar-refractivity contribution < 1.29 is 0 Å². The van der Waals surface area contributed by atoms with Gasteiger partial charge >= 0.3 is 0 Å². The Hall–Kier alpha value is 0.310. The number of hydrogen-bond donors (Lipinski definition) is 0. The van der Waals surface area contributed by atoms with Crippen LogP contribution < -0.4 is 0 Å². The van der Waals surface area contributed by atoms with E-state index in [0.717, 1.165) is 11.3 Å². The van der Waals surface area contributed by atoms with Gasteiger partial charge in [-0.3, -0.25) is 0 Å². The molecule has 1 aliphatic carbocycles. The van der Waals surface area contributed by atoms with E-state index < -0.39 is 0 Å². The minimum atomic E-state index is 0.961. The lowest BCUT2D eigenvalue weighted by Gasteiger charge is -2.44. The Morgan fingerprint density at radius 1 is 1.08 bits per heavy atom. The fourth-order valence-corrected chi connectivity index (χ4v) is 3.14. The van der Waals surface area contributed by atoms with Crippen molar-refractivity contribution in [3.8, 4) is 0 Å². The second-order valence-corrected chi connectivity index (χ2v) is 5.22. The largest absolute Gasteiger partial charge is 0.300 e. The first kappa shape index (κ1) is 8.89. The van der Waals surface area contributed by atoms with Crippen LogP contribution in [0.25, 0.3) is 0 Å². The van der Waals surface area contributed by atoms with Crippen LogP contribution in [0.15, 0.2) is 0 Å². The smallest absolute Gasteiger partial charge is 0.0116 e. The first-order chi connectivity index (χ1) is 5.90. The highest BCUT2D eigenvalue weighted by Gasteiger charge is 2.33. The van der Waals surface area contributed by atoms with Crippen molar-refractivity contribution in [2.75, 3.05) is 19.3 Å². The number of likely N-dealkylation sites (tertiary alicyclic amines) is 1. The van der Waals surface area contributed by atoms with Gasteiger partial charge in [0, 0.05) is 11.3 Å². The maximum atomic E-state index is 2.72. The lowest BCUT2D eigenvalue weighted by molar-refractivity contribution is 0.109. The lowest BCUT2D eigenvalue weighted by atomic mass is 9.89. The van der Waals surface area contributed by atoms with Crippen LogP contribution in [0, 0.1) is 0 Å². The molecular formula is C10H19NS. The van der Waals surface area contributed by atoms with E-state index in [2.05, 4.69) is 22.9 Å². The highest BCUT2D eigenvalue weighted by Crippen LogP contribution is 2.34. The Kier molecular flexibility index (Phi) is 2.97. The molecule has 0 radical (unpaired) electrons. The molecule has 1 nitrogen and oxygen atoms in total. The van der Waals surface area contributed by atoms with E-state index in [4.69, 9.17) is 0 Å². The quantitative estimate of drug-likeness (QED) is 0.650. The fourth-order valence-electron chi connectivity index (χ4n) is 2.31. The summed E-state index contributed by atoms with van der Waals surface area (Å²) >= 11 is 2.05. The number of hydrogen-bond acceptors (Lipinski definition) is 2. The zero-order valence-electron chi connectivity index (χ0n) is 7.96. The van der Waals surface area contributed by atoms with Gasteiger partial charge in [-0.1, -0.05) is 6.42 Å². The van der Waals surface area contributed by atoms with E-state index in [-0.39, 0.29) is 0 Å². The SMILES string of the molecule is CSC1CC(N2CCCCC2)C1. The first-order valence-corrected chi connectivity index (χ1v) is 6.46. The topological polar surface area (TPSA) is 3.24 Å². The van der Waals surface area contributed by atoms with Gasteiger partial charge in [0.15, 0.2) is 0 Å². The molecule has 0 aromatic rings. The number of nitrogens with zero attached hydrogens (tertiary/aromatic N) is 1. The van der Waals surface area contributed by atoms with Crippen LogP contribution in [-0.2, 0) is 0 Å². The molecule has 2 fully saturated rings. The van der Waals surface area contributed by atoms with Gasteiger partial charge in [0.2, 0.25) is 0 Å². The third kappa shape index (κ3) is 1.80. The lowest BCUT2D eigenvalue weighted by Crippen LogP contribution is -2.48. The van der Waals surface area contributed by atoms with Crippen molar-refractivity contribution in [3.63, 3.8) is 0 Å². The molecule has 0 amide bonds. The summed E-state index contributed by atoms with van der Waals surface area (Å²) in [6.07, 6.45) is 9.52. The third-order valence-electron chi connectivity index (χ3n) is 3.31. The summed E-state index contributed by atoms with van der Waals surface area (Å²) in [5.41, 5.74) is 0. The molecule has 2 rings (SSSR count). The van der Waals surface area contributed by atoms with Gasteiger partial charge in [-0.05, 0) is 45.0 Å². The predicted molar refractivity (Wildman–Crippen MR) is 55.7 cm³/mol. The molecule has 0 spiro atoms. The summed E-state index contributed by atoms with van der Waals surface area (Å²) in [7, 11) is 0. The minimum Gasteiger partial charge on any atom is -0.300 e. The Bertz CT molecular complexity index is 137. The van der Waals surface area contributed by atoms with Crippen LogP contribution in [0.5, 0.6) is 0 Å². The number of piperidine rings is 1. The summed E-state index contributed by atoms with van der Waals surface area (Å²) < 4.78 is 0. The fraction of sp³-hybridized carbons (Fsp3) is 1.00. The molecule has 1 saturated carbocycles. The van der Waals surface area contributed by atoms with Gasteiger partial charge in [-0.2, -0.15) is 11.8 Å². The predicted octanol–water partition coefficient (Wildman–Crippen LogP) is 2.37. The average molecular weight is 185 g/mol. The first-order valence-electron chi connectivity index (χ1n) is 5.17. The maximum absolute atomic E-state index is 2.72. The zero-order chi connectivity index (χ0) is 8.39. The molecule has 1 aliphatic heterocycles. The normalized spacial score (nSPS) is 37.8. The monoisotopic (exact) mass is 185 g/mol. The molecule has 0 aromatic carbocycles. The summed E-state index contributed by atoms with van der Waals surface area (Å²) in [5.74, 6) is 0. The van der Waals surface area contributed by atoms with Crippen LogP contribution in [0.3, 0.4) is 0 Å². The van der Waals surface area contributed by atoms with E-state index in [9.17, 15) is 0 Å². The van der Waals surface area contributed by atoms with Crippen molar-refractivity contribution in [1.29, 1.82) is 0 Å². The van der Waals surface area contributed by atoms with Crippen molar-refractivity contribution >= 4 is 11.8 Å². The molecule has 1 heterocycles. The van der Waals surface area contributed by atoms with Crippen LogP contribution >= 0.6 is 11.8 Å². The summed E-state index contributed by atoms with van der Waals surface area (Å²) in [4.78, 5) is 2.72. The average Bonchev–Trinajstić information content (AvgIpc) is 2.04. The molecule has 0 atom stereocenters. The van der Waals surface area contributed by atoms with Crippen molar-refractivity contribution in [2.24, 2.45) is 0 Å². The Morgan fingerprint density at radius 3 is 2.33 bits per heavy atom.